The maximum atomic E-state index is 12.2. The Morgan fingerprint density at radius 3 is 2.83 bits per heavy atom. The highest BCUT2D eigenvalue weighted by Crippen LogP contribution is 2.30. The van der Waals surface area contributed by atoms with Crippen LogP contribution >= 0.6 is 0 Å². The summed E-state index contributed by atoms with van der Waals surface area (Å²) in [5, 5.41) is 16.8. The quantitative estimate of drug-likeness (QED) is 0.779. The molecule has 24 heavy (non-hydrogen) atoms. The smallest absolute Gasteiger partial charge is 0.268 e. The minimum Gasteiger partial charge on any atom is -0.393 e. The lowest BCUT2D eigenvalue weighted by Crippen LogP contribution is -2.48. The Hall–Kier alpha value is -2.15. The van der Waals surface area contributed by atoms with Crippen molar-refractivity contribution in [3.63, 3.8) is 0 Å². The van der Waals surface area contributed by atoms with Gasteiger partial charge < -0.3 is 20.3 Å². The molecule has 0 saturated heterocycles. The lowest BCUT2D eigenvalue weighted by molar-refractivity contribution is 0.0891. The first-order valence-electron chi connectivity index (χ1n) is 8.56. The second-order valence-electron chi connectivity index (χ2n) is 7.48. The fourth-order valence-electron chi connectivity index (χ4n) is 3.71. The van der Waals surface area contributed by atoms with E-state index < -0.39 is 0 Å². The largest absolute Gasteiger partial charge is 0.393 e. The zero-order valence-corrected chi connectivity index (χ0v) is 14.0. The first kappa shape index (κ1) is 15.4. The number of fused-ring (bicyclic) bond motifs is 3. The van der Waals surface area contributed by atoms with Gasteiger partial charge in [-0.3, -0.25) is 4.79 Å². The molecule has 1 saturated carbocycles. The van der Waals surface area contributed by atoms with Gasteiger partial charge >= 0.3 is 0 Å². The molecule has 1 fully saturated rings. The molecule has 3 heterocycles. The number of hydrogen-bond donors (Lipinski definition) is 3. The summed E-state index contributed by atoms with van der Waals surface area (Å²) in [4.78, 5) is 21.3. The number of carbonyl (C=O) groups is 1. The predicted molar refractivity (Wildman–Crippen MR) is 91.1 cm³/mol. The van der Waals surface area contributed by atoms with E-state index in [1.165, 1.54) is 0 Å². The molecular formula is C17H23N5O2. The summed E-state index contributed by atoms with van der Waals surface area (Å²) in [5.41, 5.74) is 1.19. The van der Waals surface area contributed by atoms with Gasteiger partial charge in [0, 0.05) is 24.2 Å². The summed E-state index contributed by atoms with van der Waals surface area (Å²) in [6.45, 7) is 4.76. The van der Waals surface area contributed by atoms with Gasteiger partial charge in [0.2, 0.25) is 5.95 Å². The predicted octanol–water partition coefficient (Wildman–Crippen LogP) is 1.63. The van der Waals surface area contributed by atoms with E-state index in [2.05, 4.69) is 34.4 Å². The summed E-state index contributed by atoms with van der Waals surface area (Å²) < 4.78 is 2.01. The van der Waals surface area contributed by atoms with Crippen LogP contribution in [0.5, 0.6) is 0 Å². The van der Waals surface area contributed by atoms with E-state index in [0.717, 1.165) is 36.7 Å². The van der Waals surface area contributed by atoms with Crippen LogP contribution in [0.4, 0.5) is 5.95 Å². The van der Waals surface area contributed by atoms with Crippen LogP contribution < -0.4 is 10.6 Å². The molecule has 0 bridgehead atoms. The molecule has 0 spiro atoms. The molecule has 7 nitrogen and oxygen atoms in total. The lowest BCUT2D eigenvalue weighted by atomic mass is 9.93. The second kappa shape index (κ2) is 5.44. The van der Waals surface area contributed by atoms with Gasteiger partial charge in [-0.1, -0.05) is 0 Å². The molecular weight excluding hydrogens is 306 g/mol. The van der Waals surface area contributed by atoms with Gasteiger partial charge in [0.1, 0.15) is 11.3 Å². The van der Waals surface area contributed by atoms with Crippen LogP contribution in [0.3, 0.4) is 0 Å². The van der Waals surface area contributed by atoms with Crippen molar-refractivity contribution < 1.29 is 9.90 Å². The Bertz CT molecular complexity index is 790. The standard InChI is InChI=1S/C17H23N5O2/c1-17(2)9-19-15(24)13-7-10-8-18-16(21-14(10)22(13)17)20-11-3-5-12(23)6-4-11/h7-8,11-12,23H,3-6,9H2,1-2H3,(H,19,24)(H,18,20,21)/t11-,12-. The van der Waals surface area contributed by atoms with E-state index in [4.69, 9.17) is 0 Å². The molecule has 0 aromatic carbocycles. The van der Waals surface area contributed by atoms with Crippen LogP contribution in [0, 0.1) is 0 Å². The molecule has 0 radical (unpaired) electrons. The summed E-state index contributed by atoms with van der Waals surface area (Å²) in [6.07, 6.45) is 5.06. The lowest BCUT2D eigenvalue weighted by Gasteiger charge is -2.33. The number of aliphatic hydroxyl groups is 1. The number of aromatic nitrogens is 3. The zero-order chi connectivity index (χ0) is 16.9. The van der Waals surface area contributed by atoms with E-state index >= 15 is 0 Å². The van der Waals surface area contributed by atoms with E-state index in [9.17, 15) is 9.90 Å². The van der Waals surface area contributed by atoms with Crippen LogP contribution in [0.15, 0.2) is 12.3 Å². The van der Waals surface area contributed by atoms with Crippen molar-refractivity contribution in [3.05, 3.63) is 18.0 Å². The first-order valence-corrected chi connectivity index (χ1v) is 8.56. The van der Waals surface area contributed by atoms with Gasteiger partial charge in [0.25, 0.3) is 5.91 Å². The van der Waals surface area contributed by atoms with Crippen LogP contribution in [0.25, 0.3) is 11.0 Å². The minimum absolute atomic E-state index is 0.0666. The first-order chi connectivity index (χ1) is 11.4. The number of nitrogens with zero attached hydrogens (tertiary/aromatic N) is 3. The molecule has 2 aliphatic rings. The molecule has 3 N–H and O–H groups in total. The normalized spacial score (nSPS) is 26.0. The van der Waals surface area contributed by atoms with Crippen molar-refractivity contribution in [3.8, 4) is 0 Å². The molecule has 1 amide bonds. The fraction of sp³-hybridized carbons (Fsp3) is 0.588. The van der Waals surface area contributed by atoms with Gasteiger partial charge in [-0.2, -0.15) is 4.98 Å². The van der Waals surface area contributed by atoms with Crippen LogP contribution in [-0.4, -0.2) is 44.2 Å². The van der Waals surface area contributed by atoms with E-state index in [1.807, 2.05) is 10.6 Å². The second-order valence-corrected chi connectivity index (χ2v) is 7.48. The van der Waals surface area contributed by atoms with Gasteiger partial charge in [-0.05, 0) is 45.6 Å². The Morgan fingerprint density at radius 2 is 2.08 bits per heavy atom. The summed E-state index contributed by atoms with van der Waals surface area (Å²) >= 11 is 0. The minimum atomic E-state index is -0.231. The number of rotatable bonds is 2. The highest BCUT2D eigenvalue weighted by molar-refractivity contribution is 5.99. The average Bonchev–Trinajstić information content (AvgIpc) is 2.94. The molecule has 0 atom stereocenters. The highest BCUT2D eigenvalue weighted by Gasteiger charge is 2.33. The number of anilines is 1. The van der Waals surface area contributed by atoms with Crippen molar-refractivity contribution in [2.75, 3.05) is 11.9 Å². The van der Waals surface area contributed by atoms with Gasteiger partial charge in [0.15, 0.2) is 0 Å². The third-order valence-corrected chi connectivity index (χ3v) is 5.09. The van der Waals surface area contributed by atoms with Gasteiger partial charge in [0.05, 0.1) is 11.6 Å². The molecule has 7 heteroatoms. The Balaban J connectivity index is 1.69. The summed E-state index contributed by atoms with van der Waals surface area (Å²) in [7, 11) is 0. The van der Waals surface area contributed by atoms with E-state index in [-0.39, 0.29) is 23.6 Å². The van der Waals surface area contributed by atoms with Crippen molar-refractivity contribution in [1.82, 2.24) is 19.9 Å². The number of aliphatic hydroxyl groups excluding tert-OH is 1. The molecule has 4 rings (SSSR count). The number of hydrogen-bond acceptors (Lipinski definition) is 5. The van der Waals surface area contributed by atoms with Gasteiger partial charge in [-0.15, -0.1) is 0 Å². The van der Waals surface area contributed by atoms with Crippen molar-refractivity contribution in [2.45, 2.75) is 57.2 Å². The van der Waals surface area contributed by atoms with Crippen LogP contribution in [-0.2, 0) is 5.54 Å². The highest BCUT2D eigenvalue weighted by atomic mass is 16.3. The molecule has 0 unspecified atom stereocenters. The van der Waals surface area contributed by atoms with E-state index in [1.54, 1.807) is 6.20 Å². The van der Waals surface area contributed by atoms with Crippen molar-refractivity contribution >= 4 is 22.9 Å². The topological polar surface area (TPSA) is 92.1 Å². The zero-order valence-electron chi connectivity index (χ0n) is 14.0. The average molecular weight is 329 g/mol. The Labute approximate surface area is 140 Å². The third-order valence-electron chi connectivity index (χ3n) is 5.09. The van der Waals surface area contributed by atoms with Gasteiger partial charge in [-0.25, -0.2) is 4.98 Å². The molecule has 1 aliphatic heterocycles. The van der Waals surface area contributed by atoms with Crippen molar-refractivity contribution in [2.24, 2.45) is 0 Å². The summed E-state index contributed by atoms with van der Waals surface area (Å²) in [6, 6.07) is 2.14. The molecule has 2 aromatic rings. The van der Waals surface area contributed by atoms with Crippen LogP contribution in [0.1, 0.15) is 50.0 Å². The molecule has 128 valence electrons. The third kappa shape index (κ3) is 2.53. The Morgan fingerprint density at radius 1 is 1.33 bits per heavy atom. The summed E-state index contributed by atoms with van der Waals surface area (Å²) in [5.74, 6) is 0.523. The van der Waals surface area contributed by atoms with Crippen molar-refractivity contribution in [1.29, 1.82) is 0 Å². The number of carbonyl (C=O) groups excluding carboxylic acids is 1. The monoisotopic (exact) mass is 329 g/mol. The maximum Gasteiger partial charge on any atom is 0.268 e. The number of nitrogens with one attached hydrogen (secondary N) is 2. The molecule has 2 aromatic heterocycles. The number of amides is 1. The maximum absolute atomic E-state index is 12.2. The molecule has 1 aliphatic carbocycles. The van der Waals surface area contributed by atoms with Crippen LogP contribution in [0.2, 0.25) is 0 Å². The van der Waals surface area contributed by atoms with E-state index in [0.29, 0.717) is 18.2 Å². The fourth-order valence-corrected chi connectivity index (χ4v) is 3.71. The Kier molecular flexibility index (Phi) is 3.49. The SMILES string of the molecule is CC1(C)CNC(=O)c2cc3cnc(N[C@H]4CC[C@H](O)CC4)nc3n21.